The van der Waals surface area contributed by atoms with E-state index < -0.39 is 33.7 Å². The Kier molecular flexibility index (Phi) is 10.9. The molecule has 0 bridgehead atoms. The van der Waals surface area contributed by atoms with Gasteiger partial charge in [0.15, 0.2) is 0 Å². The first-order chi connectivity index (χ1) is 23.7. The van der Waals surface area contributed by atoms with Crippen LogP contribution in [-0.4, -0.2) is 33.7 Å². The van der Waals surface area contributed by atoms with E-state index in [0.29, 0.717) is 0 Å². The number of benzene rings is 6. The van der Waals surface area contributed by atoms with Crippen LogP contribution in [0.25, 0.3) is 44.5 Å². The average molecular weight is 870 g/mol. The first kappa shape index (κ1) is 36.7. The topological polar surface area (TPSA) is 0 Å². The predicted octanol–water partition coefficient (Wildman–Crippen LogP) is 11.3. The SMILES string of the molecule is Cc1cc(C)c(-c2cccc(-c3c(C)cc(C)cc3C)[c]2[Sb]=[Sb][c]2c(-c3c(C)cc(C)cc3C)cccc2-c2c(C)cc(C)cc2C)c(C)c1. The van der Waals surface area contributed by atoms with Gasteiger partial charge in [0.1, 0.15) is 0 Å². The van der Waals surface area contributed by atoms with Gasteiger partial charge in [-0.1, -0.05) is 0 Å². The predicted molar refractivity (Wildman–Crippen MR) is 222 cm³/mol. The van der Waals surface area contributed by atoms with E-state index in [9.17, 15) is 0 Å². The fraction of sp³-hybridized carbons (Fsp3) is 0.250. The summed E-state index contributed by atoms with van der Waals surface area (Å²) < 4.78 is 3.31. The van der Waals surface area contributed by atoms with Crippen molar-refractivity contribution in [3.63, 3.8) is 0 Å². The van der Waals surface area contributed by atoms with Gasteiger partial charge in [-0.25, -0.2) is 0 Å². The van der Waals surface area contributed by atoms with Crippen molar-refractivity contribution < 1.29 is 0 Å². The van der Waals surface area contributed by atoms with Crippen LogP contribution in [0.1, 0.15) is 66.8 Å². The van der Waals surface area contributed by atoms with E-state index in [1.54, 1.807) is 7.02 Å². The van der Waals surface area contributed by atoms with Crippen LogP contribution in [0.4, 0.5) is 0 Å². The van der Waals surface area contributed by atoms with Crippen LogP contribution >= 0.6 is 0 Å². The van der Waals surface area contributed by atoms with Crippen molar-refractivity contribution in [1.29, 1.82) is 0 Å². The Balaban J connectivity index is 1.72. The Hall–Kier alpha value is -3.04. The minimum atomic E-state index is -0.849. The molecule has 0 radical (unpaired) electrons. The van der Waals surface area contributed by atoms with E-state index in [1.165, 1.54) is 111 Å². The zero-order valence-corrected chi connectivity index (χ0v) is 37.1. The summed E-state index contributed by atoms with van der Waals surface area (Å²) in [5.41, 5.74) is 28.0. The molecule has 0 aliphatic carbocycles. The minimum absolute atomic E-state index is 0.849. The van der Waals surface area contributed by atoms with Crippen molar-refractivity contribution in [3.8, 4) is 44.5 Å². The Morgan fingerprint density at radius 1 is 0.280 bits per heavy atom. The molecule has 2 heteroatoms. The maximum atomic E-state index is 2.43. The molecule has 0 amide bonds. The van der Waals surface area contributed by atoms with Crippen molar-refractivity contribution in [2.75, 3.05) is 0 Å². The van der Waals surface area contributed by atoms with Gasteiger partial charge in [-0.05, 0) is 0 Å². The second-order valence-electron chi connectivity index (χ2n) is 14.7. The van der Waals surface area contributed by atoms with Crippen LogP contribution in [0.15, 0.2) is 84.9 Å². The molecular weight excluding hydrogens is 820 g/mol. The molecule has 0 atom stereocenters. The molecule has 6 aromatic carbocycles. The zero-order chi connectivity index (χ0) is 36.0. The van der Waals surface area contributed by atoms with E-state index in [-0.39, 0.29) is 0 Å². The average Bonchev–Trinajstić information content (AvgIpc) is 2.99. The summed E-state index contributed by atoms with van der Waals surface area (Å²) in [4.78, 5) is 0. The number of hydrogen-bond donors (Lipinski definition) is 0. The second kappa shape index (κ2) is 14.9. The van der Waals surface area contributed by atoms with Gasteiger partial charge in [0.05, 0.1) is 0 Å². The number of rotatable bonds is 6. The first-order valence-electron chi connectivity index (χ1n) is 17.8. The molecule has 50 heavy (non-hydrogen) atoms. The van der Waals surface area contributed by atoms with E-state index in [2.05, 4.69) is 168 Å². The van der Waals surface area contributed by atoms with Crippen molar-refractivity contribution in [1.82, 2.24) is 0 Å². The van der Waals surface area contributed by atoms with Gasteiger partial charge in [-0.2, -0.15) is 0 Å². The molecule has 0 aliphatic rings. The third-order valence-electron chi connectivity index (χ3n) is 10.1. The van der Waals surface area contributed by atoms with E-state index >= 15 is 0 Å². The molecule has 0 nitrogen and oxygen atoms in total. The molecule has 6 aromatic rings. The van der Waals surface area contributed by atoms with Gasteiger partial charge in [0, 0.05) is 0 Å². The molecule has 0 aromatic heterocycles. The van der Waals surface area contributed by atoms with E-state index in [0.717, 1.165) is 0 Å². The maximum absolute atomic E-state index is 2.43. The normalized spacial score (nSPS) is 11.5. The summed E-state index contributed by atoms with van der Waals surface area (Å²) in [6.07, 6.45) is 0. The zero-order valence-electron chi connectivity index (χ0n) is 32.0. The van der Waals surface area contributed by atoms with Gasteiger partial charge in [-0.3, -0.25) is 0 Å². The molecule has 0 fully saturated rings. The molecular formula is C48H50Sb2. The molecule has 0 spiro atoms. The van der Waals surface area contributed by atoms with Crippen molar-refractivity contribution >= 4 is 40.7 Å². The summed E-state index contributed by atoms with van der Waals surface area (Å²) in [7, 11) is 0. The molecule has 0 N–H and O–H groups in total. The van der Waals surface area contributed by atoms with Crippen LogP contribution in [0.2, 0.25) is 0 Å². The summed E-state index contributed by atoms with van der Waals surface area (Å²) in [6.45, 7) is 27.4. The fourth-order valence-electron chi connectivity index (χ4n) is 8.63. The summed E-state index contributed by atoms with van der Waals surface area (Å²) in [5, 5.41) is 0. The van der Waals surface area contributed by atoms with Gasteiger partial charge in [-0.15, -0.1) is 0 Å². The number of aryl methyl sites for hydroxylation is 12. The second-order valence-corrected chi connectivity index (χ2v) is 26.1. The number of hydrogen-bond acceptors (Lipinski definition) is 0. The molecule has 0 unspecified atom stereocenters. The molecule has 0 heterocycles. The molecule has 0 saturated heterocycles. The Morgan fingerprint density at radius 2 is 0.460 bits per heavy atom. The van der Waals surface area contributed by atoms with Crippen LogP contribution in [0.5, 0.6) is 0 Å². The molecule has 6 rings (SSSR count). The summed E-state index contributed by atoms with van der Waals surface area (Å²) in [5.74, 6) is 0. The third-order valence-corrected chi connectivity index (χ3v) is 23.9. The fourth-order valence-corrected chi connectivity index (χ4v) is 24.6. The molecule has 0 aliphatic heterocycles. The third kappa shape index (κ3) is 7.18. The molecule has 252 valence electrons. The van der Waals surface area contributed by atoms with E-state index in [4.69, 9.17) is 0 Å². The van der Waals surface area contributed by atoms with Crippen LogP contribution < -0.4 is 7.02 Å². The monoisotopic (exact) mass is 868 g/mol. The van der Waals surface area contributed by atoms with E-state index in [1.807, 2.05) is 0 Å². The Labute approximate surface area is 317 Å². The molecule has 0 saturated carbocycles. The van der Waals surface area contributed by atoms with Crippen molar-refractivity contribution in [2.24, 2.45) is 0 Å². The summed E-state index contributed by atoms with van der Waals surface area (Å²) >= 11 is -1.70. The van der Waals surface area contributed by atoms with Crippen molar-refractivity contribution in [2.45, 2.75) is 83.1 Å². The van der Waals surface area contributed by atoms with Gasteiger partial charge in [0.2, 0.25) is 0 Å². The first-order valence-corrected chi connectivity index (χ1v) is 29.1. The summed E-state index contributed by atoms with van der Waals surface area (Å²) in [6, 6.07) is 33.4. The van der Waals surface area contributed by atoms with Crippen molar-refractivity contribution in [3.05, 3.63) is 152 Å². The Morgan fingerprint density at radius 3 is 0.640 bits per heavy atom. The van der Waals surface area contributed by atoms with Crippen LogP contribution in [0.3, 0.4) is 0 Å². The quantitative estimate of drug-likeness (QED) is 0.146. The van der Waals surface area contributed by atoms with Crippen LogP contribution in [-0.2, 0) is 0 Å². The van der Waals surface area contributed by atoms with Crippen LogP contribution in [0, 0.1) is 83.1 Å². The van der Waals surface area contributed by atoms with Gasteiger partial charge >= 0.3 is 320 Å². The standard InChI is InChI=1S/2C24H25.2Sb/c2*1-15-10-17(3)23(18(4)11-15)21-8-7-9-22(14-21)24-19(5)12-16(2)13-20(24)6;;/h2*7-13H,1-6H3;;. The van der Waals surface area contributed by atoms with Gasteiger partial charge < -0.3 is 0 Å². The van der Waals surface area contributed by atoms with Gasteiger partial charge in [0.25, 0.3) is 0 Å². The Bertz CT molecular complexity index is 1920.